The molecule has 1 unspecified atom stereocenters. The molecule has 31 heavy (non-hydrogen) atoms. The van der Waals surface area contributed by atoms with E-state index in [-0.39, 0.29) is 23.3 Å². The zero-order valence-corrected chi connectivity index (χ0v) is 17.5. The third kappa shape index (κ3) is 3.85. The minimum atomic E-state index is -0.645. The lowest BCUT2D eigenvalue weighted by atomic mass is 9.79. The zero-order chi connectivity index (χ0) is 22.1. The topological polar surface area (TPSA) is 63.5 Å². The molecule has 0 spiro atoms. The van der Waals surface area contributed by atoms with Gasteiger partial charge in [-0.2, -0.15) is 5.26 Å². The number of nitrogens with one attached hydrogen (secondary N) is 1. The van der Waals surface area contributed by atoms with Gasteiger partial charge in [-0.15, -0.1) is 0 Å². The van der Waals surface area contributed by atoms with E-state index >= 15 is 0 Å². The smallest absolute Gasteiger partial charge is 0.205 e. The number of nitriles is 1. The van der Waals surface area contributed by atoms with Crippen molar-refractivity contribution < 1.29 is 18.4 Å². The maximum Gasteiger partial charge on any atom is 0.205 e. The van der Waals surface area contributed by atoms with Crippen LogP contribution in [0.3, 0.4) is 0 Å². The lowest BCUT2D eigenvalue weighted by Crippen LogP contribution is -3.16. The predicted octanol–water partition coefficient (Wildman–Crippen LogP) is 3.42. The first-order valence-corrected chi connectivity index (χ1v) is 10.3. The Labute approximate surface area is 180 Å². The highest BCUT2D eigenvalue weighted by Gasteiger charge is 2.41. The number of allylic oxidation sites excluding steroid dienone is 1. The van der Waals surface area contributed by atoms with Crippen molar-refractivity contribution in [3.8, 4) is 6.07 Å². The SMILES string of the molecule is CC(C)[NH+]1CC(=Cc2ccccc2F)C2=C(C1)[C@H](c1ccccc1F)C(C#N)=C(N)O2. The summed E-state index contributed by atoms with van der Waals surface area (Å²) in [5.74, 6) is -0.915. The Hall–Kier alpha value is -3.43. The number of quaternary nitrogens is 1. The second-order valence-electron chi connectivity index (χ2n) is 8.16. The third-order valence-corrected chi connectivity index (χ3v) is 5.92. The largest absolute Gasteiger partial charge is 0.440 e. The van der Waals surface area contributed by atoms with Crippen molar-refractivity contribution >= 4 is 6.08 Å². The summed E-state index contributed by atoms with van der Waals surface area (Å²) in [6.45, 7) is 5.36. The van der Waals surface area contributed by atoms with E-state index in [1.165, 1.54) is 17.0 Å². The highest BCUT2D eigenvalue weighted by atomic mass is 19.1. The summed E-state index contributed by atoms with van der Waals surface area (Å²) in [5.41, 5.74) is 8.70. The van der Waals surface area contributed by atoms with Crippen molar-refractivity contribution in [1.82, 2.24) is 0 Å². The van der Waals surface area contributed by atoms with E-state index in [0.717, 1.165) is 11.1 Å². The van der Waals surface area contributed by atoms with Crippen molar-refractivity contribution in [2.75, 3.05) is 13.1 Å². The summed E-state index contributed by atoms with van der Waals surface area (Å²) < 4.78 is 35.1. The van der Waals surface area contributed by atoms with Gasteiger partial charge >= 0.3 is 0 Å². The van der Waals surface area contributed by atoms with Gasteiger partial charge in [-0.3, -0.25) is 0 Å². The fraction of sp³-hybridized carbons (Fsp3) is 0.240. The van der Waals surface area contributed by atoms with E-state index in [9.17, 15) is 14.0 Å². The average molecular weight is 420 g/mol. The first kappa shape index (κ1) is 20.8. The standard InChI is InChI=1S/C25H23F2N3O/c1-15(2)30-13-17(11-16-7-3-5-9-21(16)26)24-20(14-30)23(19(12-28)25(29)31-24)18-8-4-6-10-22(18)27/h3-11,15,23H,13-14,29H2,1-2H3/p+1/t23-/m1/s1. The van der Waals surface area contributed by atoms with Crippen LogP contribution in [0.1, 0.15) is 30.9 Å². The Morgan fingerprint density at radius 1 is 1.10 bits per heavy atom. The second kappa shape index (κ2) is 8.37. The molecule has 0 saturated heterocycles. The van der Waals surface area contributed by atoms with E-state index in [0.29, 0.717) is 30.0 Å². The van der Waals surface area contributed by atoms with Crippen molar-refractivity contribution in [2.45, 2.75) is 25.8 Å². The van der Waals surface area contributed by atoms with Crippen molar-refractivity contribution in [3.63, 3.8) is 0 Å². The molecule has 0 amide bonds. The van der Waals surface area contributed by atoms with Crippen LogP contribution in [0.5, 0.6) is 0 Å². The van der Waals surface area contributed by atoms with E-state index in [1.807, 2.05) is 0 Å². The van der Waals surface area contributed by atoms with Crippen LogP contribution >= 0.6 is 0 Å². The van der Waals surface area contributed by atoms with E-state index in [2.05, 4.69) is 19.9 Å². The van der Waals surface area contributed by atoms with Crippen LogP contribution in [0.4, 0.5) is 8.78 Å². The number of rotatable bonds is 3. The number of hydrogen-bond donors (Lipinski definition) is 2. The Kier molecular flexibility index (Phi) is 5.62. The van der Waals surface area contributed by atoms with Crippen molar-refractivity contribution in [1.29, 1.82) is 5.26 Å². The molecule has 2 aliphatic heterocycles. The number of hydrogen-bond acceptors (Lipinski definition) is 3. The molecule has 0 aromatic heterocycles. The monoisotopic (exact) mass is 420 g/mol. The summed E-state index contributed by atoms with van der Waals surface area (Å²) in [5, 5.41) is 9.80. The van der Waals surface area contributed by atoms with Crippen LogP contribution in [0, 0.1) is 23.0 Å². The van der Waals surface area contributed by atoms with Crippen LogP contribution in [0.15, 0.2) is 76.9 Å². The molecule has 2 atom stereocenters. The van der Waals surface area contributed by atoms with Crippen LogP contribution in [0.2, 0.25) is 0 Å². The molecule has 158 valence electrons. The van der Waals surface area contributed by atoms with E-state index in [4.69, 9.17) is 10.5 Å². The van der Waals surface area contributed by atoms with Gasteiger partial charge in [-0.1, -0.05) is 36.4 Å². The summed E-state index contributed by atoms with van der Waals surface area (Å²) in [6.07, 6.45) is 1.76. The van der Waals surface area contributed by atoms with Crippen LogP contribution < -0.4 is 10.6 Å². The predicted molar refractivity (Wildman–Crippen MR) is 114 cm³/mol. The van der Waals surface area contributed by atoms with Crippen LogP contribution in [-0.2, 0) is 4.74 Å². The molecular weight excluding hydrogens is 396 g/mol. The summed E-state index contributed by atoms with van der Waals surface area (Å²) in [4.78, 5) is 1.21. The van der Waals surface area contributed by atoms with E-state index in [1.54, 1.807) is 42.5 Å². The fourth-order valence-electron chi connectivity index (χ4n) is 4.24. The van der Waals surface area contributed by atoms with Gasteiger partial charge in [0.1, 0.15) is 42.1 Å². The number of nitrogens with zero attached hydrogens (tertiary/aromatic N) is 1. The summed E-state index contributed by atoms with van der Waals surface area (Å²) in [6, 6.07) is 15.3. The van der Waals surface area contributed by atoms with Gasteiger partial charge in [0, 0.05) is 22.3 Å². The Morgan fingerprint density at radius 3 is 2.42 bits per heavy atom. The average Bonchev–Trinajstić information content (AvgIpc) is 2.75. The summed E-state index contributed by atoms with van der Waals surface area (Å²) >= 11 is 0. The Balaban J connectivity index is 1.93. The minimum absolute atomic E-state index is 0.0399. The van der Waals surface area contributed by atoms with Crippen LogP contribution in [0.25, 0.3) is 6.08 Å². The maximum absolute atomic E-state index is 14.8. The van der Waals surface area contributed by atoms with Crippen molar-refractivity contribution in [2.24, 2.45) is 5.73 Å². The lowest BCUT2D eigenvalue weighted by molar-refractivity contribution is -0.913. The first-order chi connectivity index (χ1) is 14.9. The van der Waals surface area contributed by atoms with Crippen molar-refractivity contribution in [3.05, 3.63) is 99.7 Å². The quantitative estimate of drug-likeness (QED) is 0.800. The molecule has 4 rings (SSSR count). The van der Waals surface area contributed by atoms with E-state index < -0.39 is 11.7 Å². The molecule has 2 aromatic carbocycles. The van der Waals surface area contributed by atoms with Gasteiger partial charge < -0.3 is 15.4 Å². The highest BCUT2D eigenvalue weighted by molar-refractivity contribution is 5.62. The normalized spacial score (nSPS) is 22.4. The minimum Gasteiger partial charge on any atom is -0.440 e. The van der Waals surface area contributed by atoms with Gasteiger partial charge in [0.05, 0.1) is 12.0 Å². The van der Waals surface area contributed by atoms with Gasteiger partial charge in [-0.25, -0.2) is 8.78 Å². The summed E-state index contributed by atoms with van der Waals surface area (Å²) in [7, 11) is 0. The number of nitrogens with two attached hydrogens (primary N) is 1. The molecule has 0 aliphatic carbocycles. The third-order valence-electron chi connectivity index (χ3n) is 5.92. The number of halogens is 2. The zero-order valence-electron chi connectivity index (χ0n) is 17.5. The van der Waals surface area contributed by atoms with Gasteiger partial charge in [-0.05, 0) is 32.1 Å². The Morgan fingerprint density at radius 2 is 1.77 bits per heavy atom. The number of ether oxygens (including phenoxy) is 1. The molecular formula is C25H24F2N3O+. The fourth-order valence-corrected chi connectivity index (χ4v) is 4.24. The van der Waals surface area contributed by atoms with Gasteiger partial charge in [0.25, 0.3) is 0 Å². The van der Waals surface area contributed by atoms with Crippen LogP contribution in [-0.4, -0.2) is 19.1 Å². The molecule has 0 saturated carbocycles. The molecule has 0 radical (unpaired) electrons. The molecule has 2 heterocycles. The first-order valence-electron chi connectivity index (χ1n) is 10.3. The van der Waals surface area contributed by atoms with Gasteiger partial charge in [0.15, 0.2) is 0 Å². The Bertz CT molecular complexity index is 1160. The molecule has 0 bridgehead atoms. The molecule has 3 N–H and O–H groups in total. The lowest BCUT2D eigenvalue weighted by Gasteiger charge is -2.37. The maximum atomic E-state index is 14.8. The molecule has 0 fully saturated rings. The molecule has 4 nitrogen and oxygen atoms in total. The highest BCUT2D eigenvalue weighted by Crippen LogP contribution is 2.42. The molecule has 6 heteroatoms. The molecule has 2 aliphatic rings. The number of benzene rings is 2. The second-order valence-corrected chi connectivity index (χ2v) is 8.16. The molecule has 2 aromatic rings. The van der Waals surface area contributed by atoms with Gasteiger partial charge in [0.2, 0.25) is 5.88 Å².